The van der Waals surface area contributed by atoms with Crippen molar-refractivity contribution in [3.63, 3.8) is 0 Å². The fourth-order valence-corrected chi connectivity index (χ4v) is 2.49. The van der Waals surface area contributed by atoms with Crippen LogP contribution in [0.5, 0.6) is 0 Å². The summed E-state index contributed by atoms with van der Waals surface area (Å²) in [5.41, 5.74) is -0.485. The zero-order valence-corrected chi connectivity index (χ0v) is 11.7. The van der Waals surface area contributed by atoms with Crippen LogP contribution in [0.3, 0.4) is 0 Å². The van der Waals surface area contributed by atoms with E-state index >= 15 is 0 Å². The zero-order chi connectivity index (χ0) is 15.6. The largest absolute Gasteiger partial charge is 0.416 e. The molecule has 0 radical (unpaired) electrons. The van der Waals surface area contributed by atoms with Crippen LogP contribution < -0.4 is 5.32 Å². The highest BCUT2D eigenvalue weighted by Crippen LogP contribution is 2.51. The molecule has 1 aromatic rings. The minimum Gasteiger partial charge on any atom is -0.394 e. The molecule has 3 nitrogen and oxygen atoms in total. The van der Waals surface area contributed by atoms with Gasteiger partial charge < -0.3 is 10.4 Å². The number of halogens is 3. The Morgan fingerprint density at radius 1 is 1.43 bits per heavy atom. The van der Waals surface area contributed by atoms with Gasteiger partial charge in [0, 0.05) is 5.92 Å². The van der Waals surface area contributed by atoms with Crippen LogP contribution >= 0.6 is 0 Å². The van der Waals surface area contributed by atoms with E-state index in [4.69, 9.17) is 5.11 Å². The lowest BCUT2D eigenvalue weighted by molar-refractivity contribution is -0.138. The van der Waals surface area contributed by atoms with Crippen LogP contribution in [-0.2, 0) is 11.0 Å². The summed E-state index contributed by atoms with van der Waals surface area (Å²) in [6.45, 7) is 1.66. The summed E-state index contributed by atoms with van der Waals surface area (Å²) in [4.78, 5) is 12.0. The molecule has 3 unspecified atom stereocenters. The first-order valence-electron chi connectivity index (χ1n) is 6.95. The number of carbonyl (C=O) groups is 1. The summed E-state index contributed by atoms with van der Waals surface area (Å²) in [5.74, 6) is -1.11. The molecule has 116 valence electrons. The van der Waals surface area contributed by atoms with Crippen molar-refractivity contribution in [1.82, 2.24) is 5.32 Å². The van der Waals surface area contributed by atoms with E-state index in [-0.39, 0.29) is 30.0 Å². The van der Waals surface area contributed by atoms with Gasteiger partial charge in [-0.15, -0.1) is 0 Å². The number of aliphatic hydroxyl groups excluding tert-OH is 1. The molecule has 1 amide bonds. The van der Waals surface area contributed by atoms with Crippen LogP contribution in [0.25, 0.3) is 0 Å². The molecule has 0 saturated heterocycles. The molecule has 1 aromatic carbocycles. The number of benzene rings is 1. The van der Waals surface area contributed by atoms with E-state index in [2.05, 4.69) is 5.32 Å². The van der Waals surface area contributed by atoms with Gasteiger partial charge in [-0.1, -0.05) is 25.1 Å². The first-order valence-corrected chi connectivity index (χ1v) is 6.95. The molecule has 2 N–H and O–H groups in total. The predicted molar refractivity (Wildman–Crippen MR) is 71.6 cm³/mol. The van der Waals surface area contributed by atoms with Gasteiger partial charge in [0.15, 0.2) is 0 Å². The highest BCUT2D eigenvalue weighted by molar-refractivity contribution is 5.83. The molecule has 3 atom stereocenters. The Bertz CT molecular complexity index is 512. The number of amides is 1. The van der Waals surface area contributed by atoms with Crippen molar-refractivity contribution in [2.45, 2.75) is 37.9 Å². The molecule has 1 aliphatic rings. The number of aliphatic hydroxyl groups is 1. The molecule has 1 aliphatic carbocycles. The Balaban J connectivity index is 2.09. The topological polar surface area (TPSA) is 49.3 Å². The van der Waals surface area contributed by atoms with E-state index in [1.54, 1.807) is 6.07 Å². The van der Waals surface area contributed by atoms with E-state index in [1.165, 1.54) is 12.1 Å². The van der Waals surface area contributed by atoms with E-state index in [0.717, 1.165) is 6.07 Å². The lowest BCUT2D eigenvalue weighted by Crippen LogP contribution is -2.38. The van der Waals surface area contributed by atoms with Crippen molar-refractivity contribution in [2.75, 3.05) is 6.61 Å². The Morgan fingerprint density at radius 2 is 2.10 bits per heavy atom. The second-order valence-corrected chi connectivity index (χ2v) is 5.33. The number of hydrogen-bond acceptors (Lipinski definition) is 2. The summed E-state index contributed by atoms with van der Waals surface area (Å²) < 4.78 is 38.9. The first kappa shape index (κ1) is 15.8. The summed E-state index contributed by atoms with van der Waals surface area (Å²) in [6.07, 6.45) is -3.41. The number of hydrogen-bond donors (Lipinski definition) is 2. The molecule has 0 aromatic heterocycles. The maximum absolute atomic E-state index is 13.0. The number of alkyl halides is 3. The third-order valence-corrected chi connectivity index (χ3v) is 3.85. The SMILES string of the molecule is CCC(CO)NC(=O)C1CC1c1ccccc1C(F)(F)F. The van der Waals surface area contributed by atoms with Gasteiger partial charge in [-0.25, -0.2) is 0 Å². The van der Waals surface area contributed by atoms with Gasteiger partial charge in [-0.3, -0.25) is 4.79 Å². The van der Waals surface area contributed by atoms with Crippen molar-refractivity contribution in [3.8, 4) is 0 Å². The predicted octanol–water partition coefficient (Wildman–Crippen LogP) is 2.70. The summed E-state index contributed by atoms with van der Waals surface area (Å²) >= 11 is 0. The van der Waals surface area contributed by atoms with Gasteiger partial charge in [-0.2, -0.15) is 13.2 Å². The number of carbonyl (C=O) groups excluding carboxylic acids is 1. The monoisotopic (exact) mass is 301 g/mol. The van der Waals surface area contributed by atoms with Crippen LogP contribution in [0.1, 0.15) is 36.8 Å². The van der Waals surface area contributed by atoms with Crippen LogP contribution in [0.4, 0.5) is 13.2 Å². The van der Waals surface area contributed by atoms with E-state index < -0.39 is 17.7 Å². The minimum absolute atomic E-state index is 0.168. The van der Waals surface area contributed by atoms with Crippen molar-refractivity contribution >= 4 is 5.91 Å². The van der Waals surface area contributed by atoms with Crippen LogP contribution in [0.15, 0.2) is 24.3 Å². The molecule has 21 heavy (non-hydrogen) atoms. The standard InChI is InChI=1S/C15H18F3NO2/c1-2-9(8-20)19-14(21)12-7-11(12)10-5-3-4-6-13(10)15(16,17)18/h3-6,9,11-12,20H,2,7-8H2,1H3,(H,19,21). The molecule has 0 bridgehead atoms. The van der Waals surface area contributed by atoms with Crippen molar-refractivity contribution in [1.29, 1.82) is 0 Å². The van der Waals surface area contributed by atoms with Gasteiger partial charge >= 0.3 is 6.18 Å². The quantitative estimate of drug-likeness (QED) is 0.878. The van der Waals surface area contributed by atoms with E-state index in [1.807, 2.05) is 6.92 Å². The second-order valence-electron chi connectivity index (χ2n) is 5.33. The summed E-state index contributed by atoms with van der Waals surface area (Å²) in [6, 6.07) is 5.05. The lowest BCUT2D eigenvalue weighted by Gasteiger charge is -2.15. The van der Waals surface area contributed by atoms with Crippen LogP contribution in [0, 0.1) is 5.92 Å². The van der Waals surface area contributed by atoms with Crippen molar-refractivity contribution in [3.05, 3.63) is 35.4 Å². The highest BCUT2D eigenvalue weighted by atomic mass is 19.4. The average Bonchev–Trinajstić information content (AvgIpc) is 3.24. The Kier molecular flexibility index (Phi) is 4.56. The van der Waals surface area contributed by atoms with E-state index in [9.17, 15) is 18.0 Å². The number of rotatable bonds is 5. The third kappa shape index (κ3) is 3.56. The zero-order valence-electron chi connectivity index (χ0n) is 11.7. The van der Waals surface area contributed by atoms with Crippen LogP contribution in [0.2, 0.25) is 0 Å². The molecule has 2 rings (SSSR count). The minimum atomic E-state index is -4.41. The summed E-state index contributed by atoms with van der Waals surface area (Å²) in [5, 5.41) is 11.7. The van der Waals surface area contributed by atoms with Gasteiger partial charge in [0.05, 0.1) is 18.2 Å². The highest BCUT2D eigenvalue weighted by Gasteiger charge is 2.47. The maximum atomic E-state index is 13.0. The lowest BCUT2D eigenvalue weighted by atomic mass is 10.0. The molecular formula is C15H18F3NO2. The second kappa shape index (κ2) is 6.05. The Labute approximate surface area is 121 Å². The first-order chi connectivity index (χ1) is 9.88. The van der Waals surface area contributed by atoms with Gasteiger partial charge in [0.2, 0.25) is 5.91 Å². The molecule has 6 heteroatoms. The smallest absolute Gasteiger partial charge is 0.394 e. The number of nitrogens with one attached hydrogen (secondary N) is 1. The molecule has 0 aliphatic heterocycles. The van der Waals surface area contributed by atoms with Gasteiger partial charge in [-0.05, 0) is 30.4 Å². The summed E-state index contributed by atoms with van der Waals surface area (Å²) in [7, 11) is 0. The molecule has 0 heterocycles. The Hall–Kier alpha value is -1.56. The average molecular weight is 301 g/mol. The van der Waals surface area contributed by atoms with E-state index in [0.29, 0.717) is 12.8 Å². The molecular weight excluding hydrogens is 283 g/mol. The van der Waals surface area contributed by atoms with Crippen molar-refractivity contribution in [2.24, 2.45) is 5.92 Å². The fourth-order valence-electron chi connectivity index (χ4n) is 2.49. The fraction of sp³-hybridized carbons (Fsp3) is 0.533. The van der Waals surface area contributed by atoms with Crippen LogP contribution in [-0.4, -0.2) is 23.7 Å². The molecule has 0 spiro atoms. The van der Waals surface area contributed by atoms with Crippen molar-refractivity contribution < 1.29 is 23.1 Å². The Morgan fingerprint density at radius 3 is 2.67 bits per heavy atom. The third-order valence-electron chi connectivity index (χ3n) is 3.85. The van der Waals surface area contributed by atoms with Gasteiger partial charge in [0.25, 0.3) is 0 Å². The molecule has 1 fully saturated rings. The van der Waals surface area contributed by atoms with Gasteiger partial charge in [0.1, 0.15) is 0 Å². The molecule has 1 saturated carbocycles. The normalized spacial score (nSPS) is 22.7. The maximum Gasteiger partial charge on any atom is 0.416 e.